The molecule has 106 valence electrons. The largest absolute Gasteiger partial charge is 0.355 e. The lowest BCUT2D eigenvalue weighted by molar-refractivity contribution is 0.257. The normalized spacial score (nSPS) is 20.1. The first-order valence-electron chi connectivity index (χ1n) is 6.97. The predicted octanol–water partition coefficient (Wildman–Crippen LogP) is 2.53. The summed E-state index contributed by atoms with van der Waals surface area (Å²) >= 11 is 6.23. The highest BCUT2D eigenvalue weighted by Crippen LogP contribution is 2.27. The van der Waals surface area contributed by atoms with Gasteiger partial charge in [-0.1, -0.05) is 18.5 Å². The van der Waals surface area contributed by atoms with Gasteiger partial charge in [0.05, 0.1) is 0 Å². The molecule has 2 heterocycles. The standard InChI is InChI=1S/C14H23ClN4/c1-5-12-16-13(15)10(2)14(17-12)19-8-6-7-11(9-19)18(3)4/h11H,5-9H2,1-4H3. The van der Waals surface area contributed by atoms with Crippen molar-refractivity contribution in [1.82, 2.24) is 14.9 Å². The van der Waals surface area contributed by atoms with E-state index in [1.54, 1.807) is 0 Å². The molecule has 0 amide bonds. The van der Waals surface area contributed by atoms with E-state index in [2.05, 4.69) is 40.8 Å². The molecule has 5 heteroatoms. The minimum absolute atomic E-state index is 0.590. The van der Waals surface area contributed by atoms with E-state index in [1.165, 1.54) is 12.8 Å². The van der Waals surface area contributed by atoms with Gasteiger partial charge in [-0.15, -0.1) is 0 Å². The summed E-state index contributed by atoms with van der Waals surface area (Å²) in [5, 5.41) is 0.592. The Hall–Kier alpha value is -0.870. The Balaban J connectivity index is 2.27. The summed E-state index contributed by atoms with van der Waals surface area (Å²) < 4.78 is 0. The molecule has 1 fully saturated rings. The van der Waals surface area contributed by atoms with Crippen LogP contribution in [0.15, 0.2) is 0 Å². The summed E-state index contributed by atoms with van der Waals surface area (Å²) in [4.78, 5) is 13.7. The van der Waals surface area contributed by atoms with E-state index >= 15 is 0 Å². The van der Waals surface area contributed by atoms with Gasteiger partial charge in [-0.2, -0.15) is 0 Å². The highest BCUT2D eigenvalue weighted by atomic mass is 35.5. The molecule has 1 aromatic rings. The van der Waals surface area contributed by atoms with E-state index in [4.69, 9.17) is 11.6 Å². The lowest BCUT2D eigenvalue weighted by Gasteiger charge is -2.37. The first-order valence-corrected chi connectivity index (χ1v) is 7.35. The first-order chi connectivity index (χ1) is 9.02. The van der Waals surface area contributed by atoms with E-state index < -0.39 is 0 Å². The fourth-order valence-electron chi connectivity index (χ4n) is 2.56. The summed E-state index contributed by atoms with van der Waals surface area (Å²) in [6.07, 6.45) is 3.27. The number of likely N-dealkylation sites (N-methyl/N-ethyl adjacent to an activating group) is 1. The minimum atomic E-state index is 0.590. The topological polar surface area (TPSA) is 32.3 Å². The first kappa shape index (κ1) is 14.5. The van der Waals surface area contributed by atoms with Crippen LogP contribution in [0.25, 0.3) is 0 Å². The van der Waals surface area contributed by atoms with E-state index in [-0.39, 0.29) is 0 Å². The van der Waals surface area contributed by atoms with Crippen molar-refractivity contribution in [2.24, 2.45) is 0 Å². The zero-order chi connectivity index (χ0) is 14.0. The molecule has 1 aliphatic heterocycles. The van der Waals surface area contributed by atoms with E-state index in [0.29, 0.717) is 11.2 Å². The second kappa shape index (κ2) is 6.06. The molecule has 1 aromatic heterocycles. The van der Waals surface area contributed by atoms with Crippen molar-refractivity contribution in [3.05, 3.63) is 16.5 Å². The number of aromatic nitrogens is 2. The smallest absolute Gasteiger partial charge is 0.137 e. The van der Waals surface area contributed by atoms with Gasteiger partial charge < -0.3 is 9.80 Å². The zero-order valence-electron chi connectivity index (χ0n) is 12.3. The average molecular weight is 283 g/mol. The second-order valence-electron chi connectivity index (χ2n) is 5.44. The molecule has 1 saturated heterocycles. The van der Waals surface area contributed by atoms with Crippen LogP contribution in [0, 0.1) is 6.92 Å². The quantitative estimate of drug-likeness (QED) is 0.798. The molecule has 1 unspecified atom stereocenters. The molecule has 4 nitrogen and oxygen atoms in total. The Morgan fingerprint density at radius 3 is 2.74 bits per heavy atom. The summed E-state index contributed by atoms with van der Waals surface area (Å²) in [6.45, 7) is 6.14. The molecule has 0 radical (unpaired) electrons. The molecular weight excluding hydrogens is 260 g/mol. The monoisotopic (exact) mass is 282 g/mol. The number of hydrogen-bond acceptors (Lipinski definition) is 4. The van der Waals surface area contributed by atoms with Crippen LogP contribution in [-0.2, 0) is 6.42 Å². The van der Waals surface area contributed by atoms with Crippen LogP contribution < -0.4 is 4.90 Å². The summed E-state index contributed by atoms with van der Waals surface area (Å²) in [7, 11) is 4.29. The van der Waals surface area contributed by atoms with E-state index in [0.717, 1.165) is 36.7 Å². The number of piperidine rings is 1. The van der Waals surface area contributed by atoms with Crippen molar-refractivity contribution in [1.29, 1.82) is 0 Å². The van der Waals surface area contributed by atoms with E-state index in [1.807, 2.05) is 6.92 Å². The van der Waals surface area contributed by atoms with Gasteiger partial charge in [0.15, 0.2) is 0 Å². The van der Waals surface area contributed by atoms with Gasteiger partial charge in [0.25, 0.3) is 0 Å². The lowest BCUT2D eigenvalue weighted by atomic mass is 10.0. The fraction of sp³-hybridized carbons (Fsp3) is 0.714. The summed E-state index contributed by atoms with van der Waals surface area (Å²) in [5.74, 6) is 1.85. The molecule has 0 N–H and O–H groups in total. The molecule has 1 atom stereocenters. The Bertz CT molecular complexity index is 447. The Kier molecular flexibility index (Phi) is 4.63. The molecule has 0 aliphatic carbocycles. The Morgan fingerprint density at radius 2 is 2.11 bits per heavy atom. The number of nitrogens with zero attached hydrogens (tertiary/aromatic N) is 4. The molecule has 19 heavy (non-hydrogen) atoms. The number of halogens is 1. The lowest BCUT2D eigenvalue weighted by Crippen LogP contribution is -2.45. The molecule has 1 aliphatic rings. The molecule has 0 spiro atoms. The van der Waals surface area contributed by atoms with Gasteiger partial charge in [0, 0.05) is 31.1 Å². The minimum Gasteiger partial charge on any atom is -0.355 e. The molecule has 2 rings (SSSR count). The Morgan fingerprint density at radius 1 is 1.37 bits per heavy atom. The summed E-state index contributed by atoms with van der Waals surface area (Å²) in [5.41, 5.74) is 0.998. The summed E-state index contributed by atoms with van der Waals surface area (Å²) in [6, 6.07) is 0.590. The number of anilines is 1. The van der Waals surface area contributed by atoms with Gasteiger partial charge in [-0.05, 0) is 33.9 Å². The van der Waals surface area contributed by atoms with Crippen LogP contribution >= 0.6 is 11.6 Å². The number of hydrogen-bond donors (Lipinski definition) is 0. The van der Waals surface area contributed by atoms with Gasteiger partial charge >= 0.3 is 0 Å². The third-order valence-electron chi connectivity index (χ3n) is 3.85. The van der Waals surface area contributed by atoms with Crippen molar-refractivity contribution >= 4 is 17.4 Å². The molecular formula is C14H23ClN4. The SMILES string of the molecule is CCc1nc(Cl)c(C)c(N2CCCC(N(C)C)C2)n1. The fourth-order valence-corrected chi connectivity index (χ4v) is 2.74. The highest BCUT2D eigenvalue weighted by molar-refractivity contribution is 6.30. The molecule has 0 saturated carbocycles. The zero-order valence-corrected chi connectivity index (χ0v) is 13.0. The maximum Gasteiger partial charge on any atom is 0.137 e. The predicted molar refractivity (Wildman–Crippen MR) is 80.1 cm³/mol. The van der Waals surface area contributed by atoms with Crippen LogP contribution in [0.1, 0.15) is 31.2 Å². The van der Waals surface area contributed by atoms with Crippen LogP contribution in [0.2, 0.25) is 5.15 Å². The van der Waals surface area contributed by atoms with Crippen LogP contribution in [0.5, 0.6) is 0 Å². The molecule has 0 bridgehead atoms. The Labute approximate surface area is 120 Å². The average Bonchev–Trinajstić information content (AvgIpc) is 2.41. The van der Waals surface area contributed by atoms with Crippen molar-refractivity contribution in [3.63, 3.8) is 0 Å². The van der Waals surface area contributed by atoms with Crippen molar-refractivity contribution in [2.45, 2.75) is 39.2 Å². The maximum atomic E-state index is 6.23. The third-order valence-corrected chi connectivity index (χ3v) is 4.22. The van der Waals surface area contributed by atoms with Gasteiger partial charge in [0.2, 0.25) is 0 Å². The van der Waals surface area contributed by atoms with Crippen LogP contribution in [-0.4, -0.2) is 48.1 Å². The van der Waals surface area contributed by atoms with Gasteiger partial charge in [0.1, 0.15) is 16.8 Å². The van der Waals surface area contributed by atoms with Gasteiger partial charge in [-0.25, -0.2) is 9.97 Å². The molecule has 0 aromatic carbocycles. The number of rotatable bonds is 3. The van der Waals surface area contributed by atoms with Gasteiger partial charge in [-0.3, -0.25) is 0 Å². The highest BCUT2D eigenvalue weighted by Gasteiger charge is 2.24. The third kappa shape index (κ3) is 3.18. The number of aryl methyl sites for hydroxylation is 1. The van der Waals surface area contributed by atoms with Crippen LogP contribution in [0.3, 0.4) is 0 Å². The maximum absolute atomic E-state index is 6.23. The van der Waals surface area contributed by atoms with Crippen LogP contribution in [0.4, 0.5) is 5.82 Å². The van der Waals surface area contributed by atoms with Crippen molar-refractivity contribution < 1.29 is 0 Å². The van der Waals surface area contributed by atoms with Crippen molar-refractivity contribution in [3.8, 4) is 0 Å². The second-order valence-corrected chi connectivity index (χ2v) is 5.80. The van der Waals surface area contributed by atoms with Crippen molar-refractivity contribution in [2.75, 3.05) is 32.1 Å². The van der Waals surface area contributed by atoms with E-state index in [9.17, 15) is 0 Å².